The van der Waals surface area contributed by atoms with Crippen molar-refractivity contribution in [3.63, 3.8) is 0 Å². The number of rotatable bonds is 2. The highest BCUT2D eigenvalue weighted by Gasteiger charge is 2.11. The predicted octanol–water partition coefficient (Wildman–Crippen LogP) is 0.646. The number of carbonyl (C=O) groups is 1. The smallest absolute Gasteiger partial charge is 0.377 e. The number of methoxy groups -OCH3 is 1. The Kier molecular flexibility index (Phi) is 2.42. The third-order valence-corrected chi connectivity index (χ3v) is 1.41. The molecule has 12 heavy (non-hydrogen) atoms. The second kappa shape index (κ2) is 3.34. The van der Waals surface area contributed by atoms with Gasteiger partial charge in [0.1, 0.15) is 6.33 Å². The number of hydrogen-bond donors (Lipinski definition) is 0. The largest absolute Gasteiger partial charge is 0.463 e. The van der Waals surface area contributed by atoms with E-state index in [1.165, 1.54) is 13.4 Å². The Morgan fingerprint density at radius 3 is 2.75 bits per heavy atom. The van der Waals surface area contributed by atoms with Gasteiger partial charge in [0.2, 0.25) is 0 Å². The Morgan fingerprint density at radius 1 is 1.67 bits per heavy atom. The lowest BCUT2D eigenvalue weighted by molar-refractivity contribution is 0.0586. The fraction of sp³-hybridized carbons (Fsp3) is 0.571. The van der Waals surface area contributed by atoms with Gasteiger partial charge in [0.15, 0.2) is 0 Å². The molecule has 5 heteroatoms. The van der Waals surface area contributed by atoms with E-state index < -0.39 is 5.97 Å². The zero-order valence-electron chi connectivity index (χ0n) is 7.31. The summed E-state index contributed by atoms with van der Waals surface area (Å²) in [5, 5.41) is 3.91. The van der Waals surface area contributed by atoms with Gasteiger partial charge in [0.25, 0.3) is 5.82 Å². The molecule has 0 N–H and O–H groups in total. The first kappa shape index (κ1) is 8.70. The van der Waals surface area contributed by atoms with Gasteiger partial charge in [0.05, 0.1) is 7.11 Å². The molecule has 0 bridgehead atoms. The fourth-order valence-electron chi connectivity index (χ4n) is 0.708. The summed E-state index contributed by atoms with van der Waals surface area (Å²) in [6, 6.07) is 0.205. The van der Waals surface area contributed by atoms with E-state index in [4.69, 9.17) is 0 Å². The Hall–Kier alpha value is -1.39. The Morgan fingerprint density at radius 2 is 2.33 bits per heavy atom. The van der Waals surface area contributed by atoms with Crippen molar-refractivity contribution in [2.45, 2.75) is 19.9 Å². The molecule has 0 aromatic carbocycles. The minimum Gasteiger partial charge on any atom is -0.463 e. The fourth-order valence-corrected chi connectivity index (χ4v) is 0.708. The molecular formula is C7H11N3O2. The van der Waals surface area contributed by atoms with Crippen LogP contribution in [-0.2, 0) is 4.74 Å². The lowest BCUT2D eigenvalue weighted by atomic mass is 10.4. The third-order valence-electron chi connectivity index (χ3n) is 1.41. The normalized spacial score (nSPS) is 10.3. The lowest BCUT2D eigenvalue weighted by Gasteiger charge is -2.01. The van der Waals surface area contributed by atoms with E-state index in [9.17, 15) is 4.79 Å². The van der Waals surface area contributed by atoms with Gasteiger partial charge in [-0.05, 0) is 13.8 Å². The highest BCUT2D eigenvalue weighted by Crippen LogP contribution is 2.01. The molecule has 0 aliphatic rings. The van der Waals surface area contributed by atoms with Crippen molar-refractivity contribution in [2.24, 2.45) is 0 Å². The van der Waals surface area contributed by atoms with Crippen LogP contribution in [0.5, 0.6) is 0 Å². The molecule has 1 aromatic rings. The Labute approximate surface area is 70.4 Å². The number of aromatic nitrogens is 3. The number of esters is 1. The summed E-state index contributed by atoms with van der Waals surface area (Å²) in [7, 11) is 1.30. The van der Waals surface area contributed by atoms with Crippen LogP contribution >= 0.6 is 0 Å². The van der Waals surface area contributed by atoms with Crippen molar-refractivity contribution < 1.29 is 9.53 Å². The predicted molar refractivity (Wildman–Crippen MR) is 41.7 cm³/mol. The quantitative estimate of drug-likeness (QED) is 0.610. The van der Waals surface area contributed by atoms with E-state index in [-0.39, 0.29) is 11.9 Å². The first-order chi connectivity index (χ1) is 5.65. The van der Waals surface area contributed by atoms with E-state index >= 15 is 0 Å². The maximum atomic E-state index is 10.9. The molecule has 0 fully saturated rings. The Bertz CT molecular complexity index is 280. The van der Waals surface area contributed by atoms with Gasteiger partial charge in [-0.3, -0.25) is 0 Å². The van der Waals surface area contributed by atoms with E-state index in [0.29, 0.717) is 0 Å². The average Bonchev–Trinajstić information content (AvgIpc) is 2.51. The minimum absolute atomic E-state index is 0.103. The summed E-state index contributed by atoms with van der Waals surface area (Å²) < 4.78 is 6.06. The number of hydrogen-bond acceptors (Lipinski definition) is 4. The molecular weight excluding hydrogens is 158 g/mol. The van der Waals surface area contributed by atoms with E-state index in [0.717, 1.165) is 0 Å². The van der Waals surface area contributed by atoms with Crippen LogP contribution in [0.15, 0.2) is 6.33 Å². The molecule has 0 saturated carbocycles. The van der Waals surface area contributed by atoms with Crippen LogP contribution in [0.25, 0.3) is 0 Å². The van der Waals surface area contributed by atoms with Gasteiger partial charge in [-0.15, -0.1) is 5.10 Å². The summed E-state index contributed by atoms with van der Waals surface area (Å²) in [4.78, 5) is 14.7. The van der Waals surface area contributed by atoms with Crippen molar-refractivity contribution in [3.05, 3.63) is 12.2 Å². The van der Waals surface area contributed by atoms with Crippen LogP contribution in [0.2, 0.25) is 0 Å². The average molecular weight is 169 g/mol. The van der Waals surface area contributed by atoms with Crippen molar-refractivity contribution >= 4 is 5.97 Å². The molecule has 0 aliphatic heterocycles. The molecule has 1 aromatic heterocycles. The maximum Gasteiger partial charge on any atom is 0.377 e. The van der Waals surface area contributed by atoms with Crippen LogP contribution in [0.3, 0.4) is 0 Å². The van der Waals surface area contributed by atoms with E-state index in [1.54, 1.807) is 4.68 Å². The molecule has 1 rings (SSSR count). The minimum atomic E-state index is -0.505. The molecule has 0 unspecified atom stereocenters. The van der Waals surface area contributed by atoms with Crippen molar-refractivity contribution in [1.82, 2.24) is 14.8 Å². The van der Waals surface area contributed by atoms with Crippen LogP contribution in [0.1, 0.15) is 30.5 Å². The first-order valence-electron chi connectivity index (χ1n) is 3.64. The van der Waals surface area contributed by atoms with Crippen molar-refractivity contribution in [3.8, 4) is 0 Å². The monoisotopic (exact) mass is 169 g/mol. The van der Waals surface area contributed by atoms with Crippen molar-refractivity contribution in [1.29, 1.82) is 0 Å². The molecule has 5 nitrogen and oxygen atoms in total. The molecule has 0 spiro atoms. The zero-order chi connectivity index (χ0) is 9.14. The zero-order valence-corrected chi connectivity index (χ0v) is 7.31. The highest BCUT2D eigenvalue weighted by atomic mass is 16.5. The van der Waals surface area contributed by atoms with Crippen LogP contribution in [-0.4, -0.2) is 27.8 Å². The van der Waals surface area contributed by atoms with Crippen LogP contribution in [0.4, 0.5) is 0 Å². The molecule has 0 atom stereocenters. The molecule has 1 heterocycles. The summed E-state index contributed by atoms with van der Waals surface area (Å²) in [5.41, 5.74) is 0. The Balaban J connectivity index is 2.84. The topological polar surface area (TPSA) is 57.0 Å². The number of nitrogens with zero attached hydrogens (tertiary/aromatic N) is 3. The van der Waals surface area contributed by atoms with E-state index in [1.807, 2.05) is 13.8 Å². The molecule has 0 radical (unpaired) electrons. The van der Waals surface area contributed by atoms with Gasteiger partial charge in [-0.25, -0.2) is 14.5 Å². The lowest BCUT2D eigenvalue weighted by Crippen LogP contribution is -2.06. The van der Waals surface area contributed by atoms with Gasteiger partial charge in [-0.2, -0.15) is 0 Å². The molecule has 66 valence electrons. The van der Waals surface area contributed by atoms with Crippen molar-refractivity contribution in [2.75, 3.05) is 7.11 Å². The summed E-state index contributed by atoms with van der Waals surface area (Å²) in [5.74, 6) is -0.402. The summed E-state index contributed by atoms with van der Waals surface area (Å²) >= 11 is 0. The standard InChI is InChI=1S/C7H11N3O2/c1-5(2)10-4-8-6(9-10)7(11)12-3/h4-5H,1-3H3. The van der Waals surface area contributed by atoms with Crippen LogP contribution < -0.4 is 0 Å². The number of carbonyl (C=O) groups excluding carboxylic acids is 1. The number of ether oxygens (including phenoxy) is 1. The second-order valence-corrected chi connectivity index (χ2v) is 2.63. The van der Waals surface area contributed by atoms with Gasteiger partial charge in [-0.1, -0.05) is 0 Å². The summed E-state index contributed by atoms with van der Waals surface area (Å²) in [6.07, 6.45) is 1.51. The first-order valence-corrected chi connectivity index (χ1v) is 3.64. The van der Waals surface area contributed by atoms with Gasteiger partial charge in [0, 0.05) is 6.04 Å². The summed E-state index contributed by atoms with van der Waals surface area (Å²) in [6.45, 7) is 3.91. The molecule has 0 aliphatic carbocycles. The van der Waals surface area contributed by atoms with Gasteiger partial charge >= 0.3 is 5.97 Å². The second-order valence-electron chi connectivity index (χ2n) is 2.63. The molecule has 0 saturated heterocycles. The van der Waals surface area contributed by atoms with Gasteiger partial charge < -0.3 is 4.74 Å². The SMILES string of the molecule is COC(=O)c1ncn(C(C)C)n1. The van der Waals surface area contributed by atoms with Crippen LogP contribution in [0, 0.1) is 0 Å². The highest BCUT2D eigenvalue weighted by molar-refractivity contribution is 5.84. The third kappa shape index (κ3) is 1.61. The molecule has 0 amide bonds. The van der Waals surface area contributed by atoms with E-state index in [2.05, 4.69) is 14.8 Å². The maximum absolute atomic E-state index is 10.9.